The molecule has 4 rings (SSSR count). The number of rotatable bonds is 6. The number of aromatic nitrogens is 1. The number of thiophene rings is 1. The van der Waals surface area contributed by atoms with Gasteiger partial charge in [-0.05, 0) is 49.5 Å². The van der Waals surface area contributed by atoms with E-state index in [1.165, 1.54) is 17.7 Å². The molecule has 128 valence electrons. The van der Waals surface area contributed by atoms with Gasteiger partial charge in [-0.3, -0.25) is 4.90 Å². The van der Waals surface area contributed by atoms with Crippen LogP contribution in [0, 0.1) is 11.3 Å². The van der Waals surface area contributed by atoms with Gasteiger partial charge in [0, 0.05) is 11.4 Å². The van der Waals surface area contributed by atoms with Gasteiger partial charge in [-0.2, -0.15) is 10.2 Å². The van der Waals surface area contributed by atoms with E-state index < -0.39 is 0 Å². The number of hydrogen-bond acceptors (Lipinski definition) is 7. The molecule has 25 heavy (non-hydrogen) atoms. The van der Waals surface area contributed by atoms with Crippen LogP contribution < -0.4 is 5.32 Å². The number of furan rings is 1. The van der Waals surface area contributed by atoms with E-state index in [0.29, 0.717) is 24.1 Å². The van der Waals surface area contributed by atoms with Gasteiger partial charge in [-0.1, -0.05) is 6.07 Å². The molecule has 0 amide bonds. The first kappa shape index (κ1) is 15.9. The lowest BCUT2D eigenvalue weighted by molar-refractivity contribution is 0.258. The van der Waals surface area contributed by atoms with Gasteiger partial charge in [0.05, 0.1) is 12.3 Å². The third kappa shape index (κ3) is 3.31. The molecule has 1 N–H and O–H groups in total. The fraction of sp³-hybridized carbons (Fsp3) is 0.333. The van der Waals surface area contributed by atoms with Crippen LogP contribution in [0.5, 0.6) is 0 Å². The third-order valence-corrected chi connectivity index (χ3v) is 5.35. The molecular weight excluding hydrogens is 336 g/mol. The maximum atomic E-state index is 9.34. The molecule has 4 heterocycles. The molecule has 0 bridgehead atoms. The molecule has 0 saturated carbocycles. The lowest BCUT2D eigenvalue weighted by Gasteiger charge is -2.26. The zero-order valence-electron chi connectivity index (χ0n) is 13.6. The quantitative estimate of drug-likeness (QED) is 0.717. The number of anilines is 1. The van der Waals surface area contributed by atoms with Crippen molar-refractivity contribution in [3.8, 4) is 17.7 Å². The van der Waals surface area contributed by atoms with E-state index in [0.717, 1.165) is 13.1 Å². The molecule has 0 aliphatic carbocycles. The second-order valence-electron chi connectivity index (χ2n) is 5.94. The van der Waals surface area contributed by atoms with E-state index in [1.54, 1.807) is 29.7 Å². The zero-order chi connectivity index (χ0) is 17.1. The minimum atomic E-state index is 0.248. The van der Waals surface area contributed by atoms with Crippen LogP contribution in [0.4, 0.5) is 5.88 Å². The van der Waals surface area contributed by atoms with Crippen LogP contribution in [0.3, 0.4) is 0 Å². The lowest BCUT2D eigenvalue weighted by Crippen LogP contribution is -2.30. The lowest BCUT2D eigenvalue weighted by atomic mass is 10.2. The molecule has 1 atom stereocenters. The summed E-state index contributed by atoms with van der Waals surface area (Å²) in [6.07, 6.45) is 4.02. The summed E-state index contributed by atoms with van der Waals surface area (Å²) >= 11 is 1.76. The number of oxazole rings is 1. The van der Waals surface area contributed by atoms with Crippen molar-refractivity contribution in [2.45, 2.75) is 18.9 Å². The average molecular weight is 354 g/mol. The summed E-state index contributed by atoms with van der Waals surface area (Å²) in [6.45, 7) is 2.87. The van der Waals surface area contributed by atoms with Gasteiger partial charge in [0.1, 0.15) is 6.07 Å². The van der Waals surface area contributed by atoms with E-state index in [4.69, 9.17) is 8.83 Å². The van der Waals surface area contributed by atoms with Gasteiger partial charge in [0.15, 0.2) is 5.76 Å². The summed E-state index contributed by atoms with van der Waals surface area (Å²) in [6, 6.07) is 10.1. The Kier molecular flexibility index (Phi) is 4.55. The van der Waals surface area contributed by atoms with Gasteiger partial charge < -0.3 is 14.2 Å². The number of nitrogens with one attached hydrogen (secondary N) is 1. The summed E-state index contributed by atoms with van der Waals surface area (Å²) in [4.78, 5) is 8.01. The highest BCUT2D eigenvalue weighted by atomic mass is 32.1. The van der Waals surface area contributed by atoms with Gasteiger partial charge >= 0.3 is 0 Å². The van der Waals surface area contributed by atoms with Crippen molar-refractivity contribution >= 4 is 17.2 Å². The molecule has 1 aliphatic heterocycles. The Bertz CT molecular complexity index is 842. The predicted molar refractivity (Wildman–Crippen MR) is 95.3 cm³/mol. The third-order valence-electron chi connectivity index (χ3n) is 4.37. The normalized spacial score (nSPS) is 16.0. The van der Waals surface area contributed by atoms with Crippen molar-refractivity contribution in [2.24, 2.45) is 0 Å². The van der Waals surface area contributed by atoms with E-state index in [1.807, 2.05) is 0 Å². The van der Waals surface area contributed by atoms with E-state index >= 15 is 0 Å². The van der Waals surface area contributed by atoms with Crippen molar-refractivity contribution in [1.29, 1.82) is 5.26 Å². The topological polar surface area (TPSA) is 78.2 Å². The van der Waals surface area contributed by atoms with Gasteiger partial charge in [0.25, 0.3) is 5.89 Å². The predicted octanol–water partition coefficient (Wildman–Crippen LogP) is 4.12. The molecule has 3 aromatic heterocycles. The molecule has 0 spiro atoms. The van der Waals surface area contributed by atoms with Crippen LogP contribution in [0.2, 0.25) is 0 Å². The molecule has 0 radical (unpaired) electrons. The second kappa shape index (κ2) is 7.13. The Morgan fingerprint density at radius 3 is 2.88 bits per heavy atom. The van der Waals surface area contributed by atoms with Gasteiger partial charge in [-0.25, -0.2) is 0 Å². The molecule has 1 saturated heterocycles. The van der Waals surface area contributed by atoms with Crippen molar-refractivity contribution in [2.75, 3.05) is 25.0 Å². The number of nitriles is 1. The fourth-order valence-corrected chi connectivity index (χ4v) is 4.02. The molecule has 3 aromatic rings. The van der Waals surface area contributed by atoms with E-state index in [-0.39, 0.29) is 11.7 Å². The van der Waals surface area contributed by atoms with Crippen LogP contribution in [0.15, 0.2) is 44.7 Å². The Labute approximate surface area is 149 Å². The second-order valence-corrected chi connectivity index (χ2v) is 6.92. The monoisotopic (exact) mass is 354 g/mol. The van der Waals surface area contributed by atoms with Crippen LogP contribution >= 0.6 is 11.3 Å². The maximum Gasteiger partial charge on any atom is 0.266 e. The number of nitrogens with zero attached hydrogens (tertiary/aromatic N) is 3. The molecule has 7 heteroatoms. The highest BCUT2D eigenvalue weighted by molar-refractivity contribution is 7.10. The largest absolute Gasteiger partial charge is 0.459 e. The number of likely N-dealkylation sites (tertiary alicyclic amines) is 1. The summed E-state index contributed by atoms with van der Waals surface area (Å²) in [7, 11) is 0. The first-order valence-corrected chi connectivity index (χ1v) is 9.19. The van der Waals surface area contributed by atoms with Gasteiger partial charge in [0.2, 0.25) is 11.6 Å². The zero-order valence-corrected chi connectivity index (χ0v) is 14.5. The molecule has 1 unspecified atom stereocenters. The molecule has 0 aromatic carbocycles. The SMILES string of the molecule is N#Cc1nc(-c2ccco2)oc1NCC(c1cccs1)N1CCCC1. The van der Waals surface area contributed by atoms with Crippen LogP contribution in [-0.2, 0) is 0 Å². The van der Waals surface area contributed by atoms with Crippen molar-refractivity contribution in [3.63, 3.8) is 0 Å². The summed E-state index contributed by atoms with van der Waals surface area (Å²) in [5.74, 6) is 1.23. The molecule has 1 fully saturated rings. The molecule has 6 nitrogen and oxygen atoms in total. The van der Waals surface area contributed by atoms with E-state index in [2.05, 4.69) is 38.8 Å². The first-order chi connectivity index (χ1) is 12.3. The standard InChI is InChI=1S/C18H18N4O2S/c19-11-13-17(24-18(21-13)15-5-3-9-23-15)20-12-14(16-6-4-10-25-16)22-7-1-2-8-22/h3-6,9-10,14,20H,1-2,7-8,12H2. The Morgan fingerprint density at radius 1 is 1.32 bits per heavy atom. The fourth-order valence-electron chi connectivity index (χ4n) is 3.15. The smallest absolute Gasteiger partial charge is 0.266 e. The summed E-state index contributed by atoms with van der Waals surface area (Å²) in [5.41, 5.74) is 0.248. The number of hydrogen-bond donors (Lipinski definition) is 1. The first-order valence-electron chi connectivity index (χ1n) is 8.31. The van der Waals surface area contributed by atoms with Gasteiger partial charge in [-0.15, -0.1) is 11.3 Å². The van der Waals surface area contributed by atoms with Crippen molar-refractivity contribution in [1.82, 2.24) is 9.88 Å². The maximum absolute atomic E-state index is 9.34. The summed E-state index contributed by atoms with van der Waals surface area (Å²) in [5, 5.41) is 14.7. The van der Waals surface area contributed by atoms with Crippen LogP contribution in [-0.4, -0.2) is 29.5 Å². The summed E-state index contributed by atoms with van der Waals surface area (Å²) < 4.78 is 11.0. The Morgan fingerprint density at radius 2 is 2.20 bits per heavy atom. The van der Waals surface area contributed by atoms with Crippen molar-refractivity contribution in [3.05, 3.63) is 46.5 Å². The van der Waals surface area contributed by atoms with Crippen molar-refractivity contribution < 1.29 is 8.83 Å². The molecule has 1 aliphatic rings. The Hall–Kier alpha value is -2.56. The highest BCUT2D eigenvalue weighted by Gasteiger charge is 2.25. The van der Waals surface area contributed by atoms with E-state index in [9.17, 15) is 5.26 Å². The highest BCUT2D eigenvalue weighted by Crippen LogP contribution is 2.30. The Balaban J connectivity index is 1.54. The average Bonchev–Trinajstić information content (AvgIpc) is 3.41. The molecular formula is C18H18N4O2S. The van der Waals surface area contributed by atoms with Crippen LogP contribution in [0.1, 0.15) is 29.5 Å². The van der Waals surface area contributed by atoms with Crippen LogP contribution in [0.25, 0.3) is 11.7 Å². The minimum Gasteiger partial charge on any atom is -0.459 e. The minimum absolute atomic E-state index is 0.248.